The smallest absolute Gasteiger partial charge is 0.264 e. The van der Waals surface area contributed by atoms with E-state index in [-0.39, 0.29) is 34.8 Å². The summed E-state index contributed by atoms with van der Waals surface area (Å²) < 4.78 is 42.1. The number of carbonyl (C=O) groups is 1. The molecule has 2 N–H and O–H groups in total. The number of halogens is 1. The van der Waals surface area contributed by atoms with Crippen LogP contribution in [0.4, 0.5) is 5.69 Å². The summed E-state index contributed by atoms with van der Waals surface area (Å²) >= 11 is 6.41. The Kier molecular flexibility index (Phi) is 8.42. The minimum Gasteiger partial charge on any atom is -0.490 e. The van der Waals surface area contributed by atoms with Crippen molar-refractivity contribution in [2.45, 2.75) is 81.2 Å². The first-order chi connectivity index (χ1) is 21.6. The molecule has 1 saturated heterocycles. The molecule has 45 heavy (non-hydrogen) atoms. The normalized spacial score (nSPS) is 35.0. The van der Waals surface area contributed by atoms with Gasteiger partial charge in [-0.1, -0.05) is 36.7 Å². The van der Waals surface area contributed by atoms with Crippen molar-refractivity contribution >= 4 is 33.2 Å². The van der Waals surface area contributed by atoms with Crippen LogP contribution in [0.15, 0.2) is 48.6 Å². The second kappa shape index (κ2) is 12.2. The molecule has 2 bridgehead atoms. The number of hydrogen-bond donors (Lipinski definition) is 2. The number of aliphatic hydroxyl groups is 1. The Morgan fingerprint density at radius 2 is 2.00 bits per heavy atom. The van der Waals surface area contributed by atoms with Gasteiger partial charge in [-0.25, -0.2) is 13.1 Å². The van der Waals surface area contributed by atoms with Crippen molar-refractivity contribution in [3.63, 3.8) is 0 Å². The number of nitrogens with one attached hydrogen (secondary N) is 1. The standard InChI is InChI=1S/C35H43ClN2O6S/c1-22-4-2-6-31(39)28-10-7-25(28)19-38-20-35(14-3-5-23-16-26(36)9-11-29(23)35)21-44-32-12-8-24(17-30(32)38)34(40)37-45(41,42)33(22)18-27-13-15-43-27/h2,6,8-9,11-12,16-17,22,25,27-28,31,33,39H,3-5,7,10,13-15,18-21H2,1H3,(H,37,40)/b6-2+/t22-,25+,27+,28-,31+,33-,35+/m1/s1. The molecular weight excluding hydrogens is 612 g/mol. The largest absolute Gasteiger partial charge is 0.490 e. The number of hydrogen-bond acceptors (Lipinski definition) is 7. The highest BCUT2D eigenvalue weighted by molar-refractivity contribution is 7.90. The van der Waals surface area contributed by atoms with Gasteiger partial charge in [-0.05, 0) is 111 Å². The Hall–Kier alpha value is -2.59. The highest BCUT2D eigenvalue weighted by atomic mass is 35.5. The number of benzene rings is 2. The zero-order chi connectivity index (χ0) is 31.3. The highest BCUT2D eigenvalue weighted by Gasteiger charge is 2.44. The predicted molar refractivity (Wildman–Crippen MR) is 175 cm³/mol. The van der Waals surface area contributed by atoms with E-state index in [4.69, 9.17) is 21.1 Å². The van der Waals surface area contributed by atoms with Gasteiger partial charge in [-0.15, -0.1) is 0 Å². The van der Waals surface area contributed by atoms with Crippen molar-refractivity contribution in [3.05, 3.63) is 70.3 Å². The summed E-state index contributed by atoms with van der Waals surface area (Å²) in [5.74, 6) is 0.153. The van der Waals surface area contributed by atoms with Gasteiger partial charge >= 0.3 is 0 Å². The van der Waals surface area contributed by atoms with Crippen molar-refractivity contribution in [3.8, 4) is 5.75 Å². The lowest BCUT2D eigenvalue weighted by atomic mass is 9.68. The topological polar surface area (TPSA) is 105 Å². The number of aryl methyl sites for hydroxylation is 1. The molecule has 0 aromatic heterocycles. The van der Waals surface area contributed by atoms with E-state index < -0.39 is 27.3 Å². The predicted octanol–water partition coefficient (Wildman–Crippen LogP) is 5.40. The fraction of sp³-hybridized carbons (Fsp3) is 0.571. The van der Waals surface area contributed by atoms with Crippen LogP contribution in [0.3, 0.4) is 0 Å². The number of anilines is 1. The fourth-order valence-corrected chi connectivity index (χ4v) is 10.1. The molecule has 1 saturated carbocycles. The van der Waals surface area contributed by atoms with Crippen LogP contribution >= 0.6 is 11.6 Å². The molecule has 7 rings (SSSR count). The molecule has 3 heterocycles. The van der Waals surface area contributed by atoms with E-state index in [9.17, 15) is 18.3 Å². The van der Waals surface area contributed by atoms with Gasteiger partial charge in [0.2, 0.25) is 10.0 Å². The lowest BCUT2D eigenvalue weighted by Gasteiger charge is -2.45. The minimum atomic E-state index is -4.02. The SMILES string of the molecule is C[C@@H]1C/C=C/[C@H](O)[C@@H]2CC[C@H]2CN2C[C@@]3(CCCc4cc(Cl)ccc43)COc3ccc(cc32)C(=O)NS(=O)(=O)[C@@H]1C[C@@H]1CCO1. The van der Waals surface area contributed by atoms with E-state index >= 15 is 0 Å². The number of allylic oxidation sites excluding steroid dienone is 1. The third-order valence-electron chi connectivity index (χ3n) is 11.1. The first kappa shape index (κ1) is 31.0. The molecule has 2 aliphatic carbocycles. The number of fused-ring (bicyclic) bond motifs is 4. The van der Waals surface area contributed by atoms with E-state index in [1.165, 1.54) is 11.1 Å². The average molecular weight is 655 g/mol. The van der Waals surface area contributed by atoms with Gasteiger partial charge in [0.05, 0.1) is 29.8 Å². The number of amides is 1. The van der Waals surface area contributed by atoms with Gasteiger partial charge in [-0.2, -0.15) is 0 Å². The molecule has 8 nitrogen and oxygen atoms in total. The number of sulfonamides is 1. The van der Waals surface area contributed by atoms with Crippen LogP contribution in [-0.4, -0.2) is 63.2 Å². The summed E-state index contributed by atoms with van der Waals surface area (Å²) in [4.78, 5) is 16.0. The van der Waals surface area contributed by atoms with E-state index in [1.807, 2.05) is 25.1 Å². The first-order valence-electron chi connectivity index (χ1n) is 16.4. The summed E-state index contributed by atoms with van der Waals surface area (Å²) in [6, 6.07) is 11.4. The van der Waals surface area contributed by atoms with E-state index in [2.05, 4.69) is 21.8 Å². The van der Waals surface area contributed by atoms with Gasteiger partial charge in [0.15, 0.2) is 0 Å². The summed E-state index contributed by atoms with van der Waals surface area (Å²) in [6.07, 6.45) is 9.55. The Balaban J connectivity index is 1.27. The molecule has 10 heteroatoms. The molecule has 2 fully saturated rings. The maximum absolute atomic E-state index is 13.7. The molecule has 0 unspecified atom stereocenters. The Bertz CT molecular complexity index is 1590. The second-order valence-electron chi connectivity index (χ2n) is 14.0. The van der Waals surface area contributed by atoms with Crippen molar-refractivity contribution in [1.29, 1.82) is 0 Å². The van der Waals surface area contributed by atoms with Crippen LogP contribution in [0, 0.1) is 17.8 Å². The number of nitrogens with zero attached hydrogens (tertiary/aromatic N) is 1. The van der Waals surface area contributed by atoms with Gasteiger partial charge < -0.3 is 19.5 Å². The monoisotopic (exact) mass is 654 g/mol. The van der Waals surface area contributed by atoms with Crippen LogP contribution in [-0.2, 0) is 26.6 Å². The molecule has 0 radical (unpaired) electrons. The van der Waals surface area contributed by atoms with Crippen LogP contribution in [0.25, 0.3) is 0 Å². The van der Waals surface area contributed by atoms with E-state index in [1.54, 1.807) is 18.2 Å². The summed E-state index contributed by atoms with van der Waals surface area (Å²) in [5.41, 5.74) is 3.30. The summed E-state index contributed by atoms with van der Waals surface area (Å²) in [7, 11) is -4.02. The molecule has 2 aromatic rings. The van der Waals surface area contributed by atoms with Gasteiger partial charge in [0, 0.05) is 35.7 Å². The van der Waals surface area contributed by atoms with Crippen molar-refractivity contribution in [1.82, 2.24) is 4.72 Å². The highest BCUT2D eigenvalue weighted by Crippen LogP contribution is 2.47. The lowest BCUT2D eigenvalue weighted by molar-refractivity contribution is -0.0564. The molecule has 1 spiro atoms. The fourth-order valence-electron chi connectivity index (χ4n) is 8.19. The summed E-state index contributed by atoms with van der Waals surface area (Å²) in [5, 5.41) is 11.2. The maximum Gasteiger partial charge on any atom is 0.264 e. The number of rotatable bonds is 2. The molecular formula is C35H43ClN2O6S. The van der Waals surface area contributed by atoms with Crippen LogP contribution in [0.2, 0.25) is 5.02 Å². The number of carbonyl (C=O) groups excluding carboxylic acids is 1. The summed E-state index contributed by atoms with van der Waals surface area (Å²) in [6.45, 7) is 4.41. The molecule has 3 aliphatic heterocycles. The number of aliphatic hydroxyl groups excluding tert-OH is 1. The molecule has 7 atom stereocenters. The Morgan fingerprint density at radius 3 is 2.76 bits per heavy atom. The van der Waals surface area contributed by atoms with Crippen LogP contribution in [0.1, 0.15) is 73.4 Å². The Labute approximate surface area is 271 Å². The van der Waals surface area contributed by atoms with Crippen LogP contribution < -0.4 is 14.4 Å². The van der Waals surface area contributed by atoms with E-state index in [0.717, 1.165) is 49.2 Å². The molecule has 5 aliphatic rings. The number of ether oxygens (including phenoxy) is 2. The van der Waals surface area contributed by atoms with Gasteiger partial charge in [0.25, 0.3) is 5.91 Å². The first-order valence-corrected chi connectivity index (χ1v) is 18.4. The minimum absolute atomic E-state index is 0.111. The van der Waals surface area contributed by atoms with Crippen molar-refractivity contribution in [2.24, 2.45) is 17.8 Å². The zero-order valence-corrected chi connectivity index (χ0v) is 27.4. The zero-order valence-electron chi connectivity index (χ0n) is 25.8. The van der Waals surface area contributed by atoms with Gasteiger partial charge in [0.1, 0.15) is 5.75 Å². The lowest BCUT2D eigenvalue weighted by Crippen LogP contribution is -2.49. The average Bonchev–Trinajstić information content (AvgIpc) is 3.10. The third kappa shape index (κ3) is 6.01. The quantitative estimate of drug-likeness (QED) is 0.418. The van der Waals surface area contributed by atoms with Crippen LogP contribution in [0.5, 0.6) is 5.75 Å². The Morgan fingerprint density at radius 1 is 1.16 bits per heavy atom. The van der Waals surface area contributed by atoms with Crippen molar-refractivity contribution < 1.29 is 27.8 Å². The molecule has 2 aromatic carbocycles. The van der Waals surface area contributed by atoms with Crippen molar-refractivity contribution in [2.75, 3.05) is 31.2 Å². The maximum atomic E-state index is 13.7. The second-order valence-corrected chi connectivity index (χ2v) is 16.3. The van der Waals surface area contributed by atoms with E-state index in [0.29, 0.717) is 44.9 Å². The molecule has 242 valence electrons. The van der Waals surface area contributed by atoms with Gasteiger partial charge in [-0.3, -0.25) is 4.79 Å². The molecule has 1 amide bonds. The third-order valence-corrected chi connectivity index (χ3v) is 13.2.